The predicted molar refractivity (Wildman–Crippen MR) is 74.6 cm³/mol. The van der Waals surface area contributed by atoms with Crippen molar-refractivity contribution in [2.24, 2.45) is 0 Å². The molecule has 0 unspecified atom stereocenters. The molecular weight excluding hydrogens is 272 g/mol. The maximum atomic E-state index is 11.5. The van der Waals surface area contributed by atoms with Gasteiger partial charge in [0.2, 0.25) is 0 Å². The SMILES string of the molecule is C=C(C)C(=O)OCC(=O)O[C@@H]1CS[C@@H](C)[C@H](C)S1. The molecule has 0 aliphatic carbocycles. The molecule has 0 aromatic heterocycles. The Morgan fingerprint density at radius 3 is 2.56 bits per heavy atom. The van der Waals surface area contributed by atoms with Crippen molar-refractivity contribution in [1.82, 2.24) is 0 Å². The lowest BCUT2D eigenvalue weighted by atomic mass is 10.4. The summed E-state index contributed by atoms with van der Waals surface area (Å²) in [5, 5.41) is 1.01. The minimum Gasteiger partial charge on any atom is -0.450 e. The number of thioether (sulfide) groups is 2. The molecule has 0 radical (unpaired) electrons. The van der Waals surface area contributed by atoms with E-state index in [2.05, 4.69) is 20.4 Å². The molecular formula is C12H18O4S2. The first-order chi connectivity index (χ1) is 8.40. The summed E-state index contributed by atoms with van der Waals surface area (Å²) in [6, 6.07) is 0. The summed E-state index contributed by atoms with van der Waals surface area (Å²) in [6.07, 6.45) is 0. The van der Waals surface area contributed by atoms with Crippen molar-refractivity contribution >= 4 is 35.5 Å². The molecule has 18 heavy (non-hydrogen) atoms. The van der Waals surface area contributed by atoms with E-state index in [0.717, 1.165) is 5.75 Å². The van der Waals surface area contributed by atoms with E-state index < -0.39 is 11.9 Å². The second kappa shape index (κ2) is 7.09. The second-order valence-electron chi connectivity index (χ2n) is 4.16. The Balaban J connectivity index is 2.28. The number of carbonyl (C=O) groups excluding carboxylic acids is 2. The van der Waals surface area contributed by atoms with Gasteiger partial charge in [0.05, 0.1) is 0 Å². The van der Waals surface area contributed by atoms with Gasteiger partial charge in [-0.05, 0) is 6.92 Å². The van der Waals surface area contributed by atoms with Gasteiger partial charge in [0.1, 0.15) is 0 Å². The minimum absolute atomic E-state index is 0.155. The Labute approximate surface area is 116 Å². The summed E-state index contributed by atoms with van der Waals surface area (Å²) >= 11 is 3.43. The van der Waals surface area contributed by atoms with Gasteiger partial charge < -0.3 is 9.47 Å². The predicted octanol–water partition coefficient (Wildman–Crippen LogP) is 2.23. The van der Waals surface area contributed by atoms with E-state index in [1.165, 1.54) is 6.92 Å². The standard InChI is InChI=1S/C12H18O4S2/c1-7(2)12(14)15-5-10(13)16-11-6-17-8(3)9(4)18-11/h8-9,11H,1,5-6H2,2-4H3/t8-,9-,11-/m0/s1. The molecule has 0 amide bonds. The molecule has 0 spiro atoms. The van der Waals surface area contributed by atoms with Crippen LogP contribution < -0.4 is 0 Å². The molecule has 102 valence electrons. The lowest BCUT2D eigenvalue weighted by Gasteiger charge is -2.30. The number of rotatable bonds is 4. The molecule has 1 aliphatic rings. The van der Waals surface area contributed by atoms with Crippen molar-refractivity contribution in [1.29, 1.82) is 0 Å². The van der Waals surface area contributed by atoms with Crippen LogP contribution >= 0.6 is 23.5 Å². The van der Waals surface area contributed by atoms with E-state index >= 15 is 0 Å². The van der Waals surface area contributed by atoms with E-state index in [1.54, 1.807) is 23.5 Å². The Hall–Kier alpha value is -0.620. The Bertz CT molecular complexity index is 343. The van der Waals surface area contributed by atoms with Gasteiger partial charge >= 0.3 is 11.9 Å². The van der Waals surface area contributed by atoms with Crippen LogP contribution in [0.4, 0.5) is 0 Å². The zero-order valence-electron chi connectivity index (χ0n) is 10.8. The molecule has 0 bridgehead atoms. The van der Waals surface area contributed by atoms with Crippen molar-refractivity contribution in [3.8, 4) is 0 Å². The molecule has 3 atom stereocenters. The Morgan fingerprint density at radius 1 is 1.33 bits per heavy atom. The van der Waals surface area contributed by atoms with Crippen LogP contribution in [0.25, 0.3) is 0 Å². The average Bonchev–Trinajstić information content (AvgIpc) is 2.30. The van der Waals surface area contributed by atoms with Gasteiger partial charge in [-0.3, -0.25) is 0 Å². The largest absolute Gasteiger partial charge is 0.450 e. The molecule has 0 aromatic carbocycles. The van der Waals surface area contributed by atoms with Crippen molar-refractivity contribution < 1.29 is 19.1 Å². The molecule has 1 heterocycles. The maximum absolute atomic E-state index is 11.5. The lowest BCUT2D eigenvalue weighted by Crippen LogP contribution is -2.31. The summed E-state index contributed by atoms with van der Waals surface area (Å²) in [5.41, 5.74) is 0.116. The molecule has 4 nitrogen and oxygen atoms in total. The van der Waals surface area contributed by atoms with E-state index in [-0.39, 0.29) is 17.6 Å². The fourth-order valence-electron chi connectivity index (χ4n) is 1.25. The molecule has 0 saturated carbocycles. The highest BCUT2D eigenvalue weighted by atomic mass is 32.2. The van der Waals surface area contributed by atoms with Gasteiger partial charge in [0, 0.05) is 21.8 Å². The van der Waals surface area contributed by atoms with Crippen molar-refractivity contribution in [3.05, 3.63) is 12.2 Å². The second-order valence-corrected chi connectivity index (χ2v) is 7.11. The first-order valence-electron chi connectivity index (χ1n) is 5.69. The highest BCUT2D eigenvalue weighted by molar-refractivity contribution is 8.07. The third kappa shape index (κ3) is 4.94. The number of hydrogen-bond acceptors (Lipinski definition) is 6. The van der Waals surface area contributed by atoms with Gasteiger partial charge in [-0.1, -0.05) is 20.4 Å². The van der Waals surface area contributed by atoms with Gasteiger partial charge in [-0.2, -0.15) is 11.8 Å². The summed E-state index contributed by atoms with van der Waals surface area (Å²) < 4.78 is 9.96. The zero-order valence-corrected chi connectivity index (χ0v) is 12.4. The normalized spacial score (nSPS) is 27.4. The number of carbonyl (C=O) groups is 2. The summed E-state index contributed by atoms with van der Waals surface area (Å²) in [5.74, 6) is -0.305. The van der Waals surface area contributed by atoms with Gasteiger partial charge in [0.25, 0.3) is 0 Å². The van der Waals surface area contributed by atoms with Crippen LogP contribution in [0, 0.1) is 0 Å². The van der Waals surface area contributed by atoms with Crippen molar-refractivity contribution in [2.75, 3.05) is 12.4 Å². The third-order valence-corrected chi connectivity index (χ3v) is 5.67. The topological polar surface area (TPSA) is 52.6 Å². The highest BCUT2D eigenvalue weighted by Gasteiger charge is 2.28. The van der Waals surface area contributed by atoms with Gasteiger partial charge in [-0.25, -0.2) is 9.59 Å². The van der Waals surface area contributed by atoms with Crippen LogP contribution in [0.15, 0.2) is 12.2 Å². The molecule has 1 saturated heterocycles. The smallest absolute Gasteiger partial charge is 0.345 e. The van der Waals surface area contributed by atoms with Gasteiger partial charge in [-0.15, -0.1) is 11.8 Å². The van der Waals surface area contributed by atoms with Gasteiger partial charge in [0.15, 0.2) is 12.0 Å². The van der Waals surface area contributed by atoms with E-state index in [4.69, 9.17) is 9.47 Å². The Morgan fingerprint density at radius 2 is 2.00 bits per heavy atom. The first kappa shape index (κ1) is 15.4. The monoisotopic (exact) mass is 290 g/mol. The molecule has 1 fully saturated rings. The highest BCUT2D eigenvalue weighted by Crippen LogP contribution is 2.36. The molecule has 0 N–H and O–H groups in total. The maximum Gasteiger partial charge on any atom is 0.345 e. The van der Waals surface area contributed by atoms with Crippen molar-refractivity contribution in [2.45, 2.75) is 36.7 Å². The van der Waals surface area contributed by atoms with E-state index in [0.29, 0.717) is 10.5 Å². The number of hydrogen-bond donors (Lipinski definition) is 0. The van der Waals surface area contributed by atoms with Crippen LogP contribution in [0.5, 0.6) is 0 Å². The van der Waals surface area contributed by atoms with Crippen LogP contribution in [0.1, 0.15) is 20.8 Å². The third-order valence-electron chi connectivity index (χ3n) is 2.46. The van der Waals surface area contributed by atoms with Crippen LogP contribution in [-0.4, -0.2) is 40.2 Å². The zero-order chi connectivity index (χ0) is 13.7. The van der Waals surface area contributed by atoms with E-state index in [9.17, 15) is 9.59 Å². The van der Waals surface area contributed by atoms with Crippen LogP contribution in [0.2, 0.25) is 0 Å². The summed E-state index contributed by atoms with van der Waals surface area (Å²) in [4.78, 5) is 22.6. The number of ether oxygens (including phenoxy) is 2. The minimum atomic E-state index is -0.570. The van der Waals surface area contributed by atoms with Crippen LogP contribution in [-0.2, 0) is 19.1 Å². The van der Waals surface area contributed by atoms with Crippen LogP contribution in [0.3, 0.4) is 0 Å². The van der Waals surface area contributed by atoms with E-state index in [1.807, 2.05) is 0 Å². The van der Waals surface area contributed by atoms with Crippen molar-refractivity contribution in [3.63, 3.8) is 0 Å². The molecule has 6 heteroatoms. The Kier molecular flexibility index (Phi) is 6.08. The fraction of sp³-hybridized carbons (Fsp3) is 0.667. The molecule has 0 aromatic rings. The summed E-state index contributed by atoms with van der Waals surface area (Å²) in [6.45, 7) is 8.89. The fourth-order valence-corrected chi connectivity index (χ4v) is 3.89. The average molecular weight is 290 g/mol. The number of esters is 2. The molecule has 1 aliphatic heterocycles. The first-order valence-corrected chi connectivity index (χ1v) is 7.68. The lowest BCUT2D eigenvalue weighted by molar-refractivity contribution is -0.157. The molecule has 1 rings (SSSR count). The summed E-state index contributed by atoms with van der Waals surface area (Å²) in [7, 11) is 0. The quantitative estimate of drug-likeness (QED) is 0.584.